The largest absolute Gasteiger partial charge is 0.355 e. The Morgan fingerprint density at radius 3 is 2.41 bits per heavy atom. The Morgan fingerprint density at radius 2 is 1.78 bits per heavy atom. The lowest BCUT2D eigenvalue weighted by Crippen LogP contribution is -2.47. The highest BCUT2D eigenvalue weighted by Crippen LogP contribution is 2.22. The second-order valence-electron chi connectivity index (χ2n) is 6.13. The minimum atomic E-state index is -0.516. The number of halogens is 1. The quantitative estimate of drug-likeness (QED) is 0.631. The fourth-order valence-corrected chi connectivity index (χ4v) is 3.58. The molecule has 0 spiro atoms. The molecule has 2 amide bonds. The molecule has 1 N–H and O–H groups in total. The molecule has 0 aliphatic heterocycles. The fourth-order valence-electron chi connectivity index (χ4n) is 2.62. The van der Waals surface area contributed by atoms with Crippen LogP contribution in [0.25, 0.3) is 0 Å². The van der Waals surface area contributed by atoms with Crippen LogP contribution in [-0.2, 0) is 16.1 Å². The van der Waals surface area contributed by atoms with Crippen molar-refractivity contribution < 1.29 is 9.59 Å². The average molecular weight is 405 g/mol. The number of nitrogens with one attached hydrogen (secondary N) is 1. The van der Waals surface area contributed by atoms with Gasteiger partial charge in [-0.1, -0.05) is 41.9 Å². The predicted molar refractivity (Wildman–Crippen MR) is 112 cm³/mol. The highest BCUT2D eigenvalue weighted by atomic mass is 35.5. The number of nitrogens with zero attached hydrogens (tertiary/aromatic N) is 1. The Kier molecular flexibility index (Phi) is 8.69. The van der Waals surface area contributed by atoms with Crippen molar-refractivity contribution in [2.24, 2.45) is 0 Å². The summed E-state index contributed by atoms with van der Waals surface area (Å²) >= 11 is 7.50. The van der Waals surface area contributed by atoms with Gasteiger partial charge in [-0.15, -0.1) is 11.8 Å². The smallest absolute Gasteiger partial charge is 0.242 e. The number of hydrogen-bond donors (Lipinski definition) is 1. The van der Waals surface area contributed by atoms with Gasteiger partial charge in [0.05, 0.1) is 0 Å². The SMILES string of the molecule is CCNC(=O)C(C)N(Cc1ccccc1)C(=O)CCSc1ccc(Cl)cc1. The predicted octanol–water partition coefficient (Wildman–Crippen LogP) is 4.38. The van der Waals surface area contributed by atoms with Gasteiger partial charge in [0.15, 0.2) is 0 Å². The first-order valence-electron chi connectivity index (χ1n) is 9.00. The number of carbonyl (C=O) groups excluding carboxylic acids is 2. The Hall–Kier alpha value is -1.98. The number of likely N-dealkylation sites (N-methyl/N-ethyl adjacent to an activating group) is 1. The van der Waals surface area contributed by atoms with Crippen LogP contribution in [0.5, 0.6) is 0 Å². The molecule has 2 aromatic carbocycles. The van der Waals surface area contributed by atoms with Crippen LogP contribution >= 0.6 is 23.4 Å². The highest BCUT2D eigenvalue weighted by Gasteiger charge is 2.25. The second-order valence-corrected chi connectivity index (χ2v) is 7.73. The van der Waals surface area contributed by atoms with E-state index >= 15 is 0 Å². The van der Waals surface area contributed by atoms with Gasteiger partial charge in [0, 0.05) is 35.2 Å². The summed E-state index contributed by atoms with van der Waals surface area (Å²) < 4.78 is 0. The Labute approximate surface area is 170 Å². The van der Waals surface area contributed by atoms with Gasteiger partial charge in [0.25, 0.3) is 0 Å². The van der Waals surface area contributed by atoms with Crippen molar-refractivity contribution in [3.05, 3.63) is 65.2 Å². The molecular formula is C21H25ClN2O2S. The van der Waals surface area contributed by atoms with Crippen LogP contribution in [0.1, 0.15) is 25.8 Å². The first-order chi connectivity index (χ1) is 13.0. The minimum absolute atomic E-state index is 0.0286. The average Bonchev–Trinajstić information content (AvgIpc) is 2.68. The second kappa shape index (κ2) is 11.0. The van der Waals surface area contributed by atoms with Crippen LogP contribution in [-0.4, -0.2) is 35.1 Å². The first kappa shape index (κ1) is 21.3. The summed E-state index contributed by atoms with van der Waals surface area (Å²) in [5.74, 6) is 0.486. The van der Waals surface area contributed by atoms with Crippen LogP contribution in [0.4, 0.5) is 0 Å². The van der Waals surface area contributed by atoms with E-state index < -0.39 is 6.04 Å². The number of benzene rings is 2. The van der Waals surface area contributed by atoms with Crippen molar-refractivity contribution in [1.82, 2.24) is 10.2 Å². The molecule has 0 saturated carbocycles. The molecular weight excluding hydrogens is 380 g/mol. The molecule has 0 aliphatic rings. The lowest BCUT2D eigenvalue weighted by Gasteiger charge is -2.28. The zero-order valence-electron chi connectivity index (χ0n) is 15.7. The molecule has 27 heavy (non-hydrogen) atoms. The molecule has 144 valence electrons. The molecule has 1 unspecified atom stereocenters. The zero-order valence-corrected chi connectivity index (χ0v) is 17.2. The van der Waals surface area contributed by atoms with Gasteiger partial charge >= 0.3 is 0 Å². The van der Waals surface area contributed by atoms with Crippen LogP contribution in [0.2, 0.25) is 5.02 Å². The van der Waals surface area contributed by atoms with Gasteiger partial charge < -0.3 is 10.2 Å². The maximum atomic E-state index is 12.9. The van der Waals surface area contributed by atoms with Gasteiger partial charge in [0.2, 0.25) is 11.8 Å². The van der Waals surface area contributed by atoms with Gasteiger partial charge in [-0.2, -0.15) is 0 Å². The number of carbonyl (C=O) groups is 2. The summed E-state index contributed by atoms with van der Waals surface area (Å²) in [7, 11) is 0. The topological polar surface area (TPSA) is 49.4 Å². The van der Waals surface area contributed by atoms with Crippen LogP contribution in [0.3, 0.4) is 0 Å². The van der Waals surface area contributed by atoms with Crippen LogP contribution in [0.15, 0.2) is 59.5 Å². The monoisotopic (exact) mass is 404 g/mol. The number of thioether (sulfide) groups is 1. The zero-order chi connectivity index (χ0) is 19.6. The number of amides is 2. The fraction of sp³-hybridized carbons (Fsp3) is 0.333. The van der Waals surface area contributed by atoms with E-state index in [2.05, 4.69) is 5.32 Å². The third-order valence-electron chi connectivity index (χ3n) is 4.11. The van der Waals surface area contributed by atoms with E-state index in [0.29, 0.717) is 30.3 Å². The first-order valence-corrected chi connectivity index (χ1v) is 10.4. The van der Waals surface area contributed by atoms with E-state index in [1.54, 1.807) is 23.6 Å². The molecule has 0 fully saturated rings. The number of rotatable bonds is 9. The van der Waals surface area contributed by atoms with Gasteiger partial charge in [0.1, 0.15) is 6.04 Å². The van der Waals surface area contributed by atoms with Gasteiger partial charge in [-0.3, -0.25) is 9.59 Å². The Bertz CT molecular complexity index is 738. The van der Waals surface area contributed by atoms with Crippen molar-refractivity contribution in [2.45, 2.75) is 37.8 Å². The van der Waals surface area contributed by atoms with Crippen LogP contribution in [0, 0.1) is 0 Å². The van der Waals surface area contributed by atoms with E-state index in [9.17, 15) is 9.59 Å². The van der Waals surface area contributed by atoms with Crippen molar-refractivity contribution in [3.8, 4) is 0 Å². The molecule has 0 aliphatic carbocycles. The van der Waals surface area contributed by atoms with E-state index in [0.717, 1.165) is 10.5 Å². The molecule has 2 aromatic rings. The van der Waals surface area contributed by atoms with Crippen molar-refractivity contribution in [1.29, 1.82) is 0 Å². The molecule has 0 radical (unpaired) electrons. The summed E-state index contributed by atoms with van der Waals surface area (Å²) in [6.07, 6.45) is 0.365. The number of hydrogen-bond acceptors (Lipinski definition) is 3. The summed E-state index contributed by atoms with van der Waals surface area (Å²) in [5.41, 5.74) is 1.01. The lowest BCUT2D eigenvalue weighted by atomic mass is 10.1. The Balaban J connectivity index is 2.00. The summed E-state index contributed by atoms with van der Waals surface area (Å²) in [4.78, 5) is 27.9. The third-order valence-corrected chi connectivity index (χ3v) is 5.38. The van der Waals surface area contributed by atoms with Crippen molar-refractivity contribution >= 4 is 35.2 Å². The summed E-state index contributed by atoms with van der Waals surface area (Å²) in [6, 6.07) is 16.8. The van der Waals surface area contributed by atoms with Crippen LogP contribution < -0.4 is 5.32 Å². The van der Waals surface area contributed by atoms with E-state index in [4.69, 9.17) is 11.6 Å². The molecule has 4 nitrogen and oxygen atoms in total. The lowest BCUT2D eigenvalue weighted by molar-refractivity contribution is -0.140. The summed E-state index contributed by atoms with van der Waals surface area (Å²) in [5, 5.41) is 3.50. The minimum Gasteiger partial charge on any atom is -0.355 e. The molecule has 2 rings (SSSR count). The van der Waals surface area contributed by atoms with E-state index in [1.807, 2.05) is 61.5 Å². The molecule has 6 heteroatoms. The Morgan fingerprint density at radius 1 is 1.11 bits per heavy atom. The van der Waals surface area contributed by atoms with Crippen molar-refractivity contribution in [3.63, 3.8) is 0 Å². The summed E-state index contributed by atoms with van der Waals surface area (Å²) in [6.45, 7) is 4.61. The standard InChI is InChI=1S/C21H25ClN2O2S/c1-3-23-21(26)16(2)24(15-17-7-5-4-6-8-17)20(25)13-14-27-19-11-9-18(22)10-12-19/h4-12,16H,3,13-15H2,1-2H3,(H,23,26). The molecule has 1 atom stereocenters. The van der Waals surface area contributed by atoms with Gasteiger partial charge in [-0.25, -0.2) is 0 Å². The van der Waals surface area contributed by atoms with E-state index in [1.165, 1.54) is 0 Å². The normalized spacial score (nSPS) is 11.7. The maximum Gasteiger partial charge on any atom is 0.242 e. The van der Waals surface area contributed by atoms with Gasteiger partial charge in [-0.05, 0) is 43.7 Å². The van der Waals surface area contributed by atoms with Crippen molar-refractivity contribution in [2.75, 3.05) is 12.3 Å². The molecule has 0 saturated heterocycles. The third kappa shape index (κ3) is 6.92. The molecule has 0 heterocycles. The maximum absolute atomic E-state index is 12.9. The van der Waals surface area contributed by atoms with E-state index in [-0.39, 0.29) is 11.8 Å². The molecule has 0 bridgehead atoms. The highest BCUT2D eigenvalue weighted by molar-refractivity contribution is 7.99. The molecule has 0 aromatic heterocycles.